The maximum atomic E-state index is 12.3. The van der Waals surface area contributed by atoms with Gasteiger partial charge in [0.05, 0.1) is 23.5 Å². The summed E-state index contributed by atoms with van der Waals surface area (Å²) >= 11 is 1.69. The monoisotopic (exact) mass is 361 g/mol. The lowest BCUT2D eigenvalue weighted by Gasteiger charge is -2.36. The van der Waals surface area contributed by atoms with Gasteiger partial charge in [0, 0.05) is 38.6 Å². The number of carbonyl (C=O) groups is 1. The van der Waals surface area contributed by atoms with Crippen molar-refractivity contribution < 1.29 is 9.21 Å². The summed E-state index contributed by atoms with van der Waals surface area (Å²) in [6.45, 7) is 5.55. The van der Waals surface area contributed by atoms with Crippen LogP contribution in [0, 0.1) is 0 Å². The first kappa shape index (κ1) is 17.5. The number of nitrogens with zero attached hydrogens (tertiary/aromatic N) is 4. The first-order valence-corrected chi connectivity index (χ1v) is 9.31. The molecule has 0 saturated carbocycles. The number of amides is 1. The zero-order valence-electron chi connectivity index (χ0n) is 14.6. The van der Waals surface area contributed by atoms with E-state index in [2.05, 4.69) is 32.5 Å². The normalized spacial score (nSPS) is 15.5. The van der Waals surface area contributed by atoms with Gasteiger partial charge in [-0.2, -0.15) is 0 Å². The van der Waals surface area contributed by atoms with Gasteiger partial charge < -0.3 is 19.5 Å². The van der Waals surface area contributed by atoms with E-state index in [1.807, 2.05) is 4.90 Å². The van der Waals surface area contributed by atoms with Gasteiger partial charge >= 0.3 is 0 Å². The molecule has 1 N–H and O–H groups in total. The number of aliphatic imine (C=N–C) groups is 1. The van der Waals surface area contributed by atoms with E-state index in [1.54, 1.807) is 30.5 Å². The van der Waals surface area contributed by atoms with E-state index < -0.39 is 0 Å². The molecule has 1 aliphatic rings. The molecule has 7 nitrogen and oxygen atoms in total. The van der Waals surface area contributed by atoms with Crippen molar-refractivity contribution in [1.82, 2.24) is 20.1 Å². The molecule has 1 saturated heterocycles. The van der Waals surface area contributed by atoms with Crippen molar-refractivity contribution in [1.29, 1.82) is 0 Å². The van der Waals surface area contributed by atoms with E-state index in [0.717, 1.165) is 36.2 Å². The van der Waals surface area contributed by atoms with Gasteiger partial charge in [0.25, 0.3) is 5.91 Å². The average Bonchev–Trinajstić information content (AvgIpc) is 3.34. The maximum Gasteiger partial charge on any atom is 0.289 e. The zero-order chi connectivity index (χ0) is 17.6. The van der Waals surface area contributed by atoms with Crippen LogP contribution in [-0.4, -0.2) is 59.9 Å². The van der Waals surface area contributed by atoms with E-state index in [0.29, 0.717) is 25.4 Å². The predicted octanol–water partition coefficient (Wildman–Crippen LogP) is 1.83. The van der Waals surface area contributed by atoms with Crippen LogP contribution in [0.5, 0.6) is 0 Å². The number of rotatable bonds is 4. The second kappa shape index (κ2) is 8.15. The predicted molar refractivity (Wildman–Crippen MR) is 97.9 cm³/mol. The minimum absolute atomic E-state index is 0.0536. The average molecular weight is 361 g/mol. The summed E-state index contributed by atoms with van der Waals surface area (Å²) in [6, 6.07) is 3.44. The fraction of sp³-hybridized carbons (Fsp3) is 0.471. The number of hydrogen-bond acceptors (Lipinski definition) is 5. The zero-order valence-corrected chi connectivity index (χ0v) is 15.4. The van der Waals surface area contributed by atoms with Crippen molar-refractivity contribution in [3.05, 3.63) is 40.2 Å². The lowest BCUT2D eigenvalue weighted by Crippen LogP contribution is -2.53. The molecule has 0 bridgehead atoms. The SMILES string of the molecule is CCc1nc(CNC(=NC)N2CCN(C(=O)c3ccco3)CC2)cs1. The summed E-state index contributed by atoms with van der Waals surface area (Å²) in [6.07, 6.45) is 2.49. The van der Waals surface area contributed by atoms with Crippen LogP contribution in [0.25, 0.3) is 0 Å². The Morgan fingerprint density at radius 3 is 2.72 bits per heavy atom. The third-order valence-electron chi connectivity index (χ3n) is 4.14. The van der Waals surface area contributed by atoms with E-state index in [-0.39, 0.29) is 5.91 Å². The summed E-state index contributed by atoms with van der Waals surface area (Å²) in [5, 5.41) is 6.59. The lowest BCUT2D eigenvalue weighted by molar-refractivity contribution is 0.0657. The van der Waals surface area contributed by atoms with Gasteiger partial charge in [-0.15, -0.1) is 11.3 Å². The molecule has 0 aromatic carbocycles. The lowest BCUT2D eigenvalue weighted by atomic mass is 10.3. The Morgan fingerprint density at radius 1 is 1.36 bits per heavy atom. The first-order chi connectivity index (χ1) is 12.2. The largest absolute Gasteiger partial charge is 0.459 e. The summed E-state index contributed by atoms with van der Waals surface area (Å²) < 4.78 is 5.20. The minimum Gasteiger partial charge on any atom is -0.459 e. The molecule has 1 aliphatic heterocycles. The number of carbonyl (C=O) groups excluding carboxylic acids is 1. The molecule has 1 amide bonds. The van der Waals surface area contributed by atoms with Crippen molar-refractivity contribution in [3.63, 3.8) is 0 Å². The van der Waals surface area contributed by atoms with E-state index in [9.17, 15) is 4.79 Å². The van der Waals surface area contributed by atoms with Crippen molar-refractivity contribution in [2.45, 2.75) is 19.9 Å². The third kappa shape index (κ3) is 4.19. The highest BCUT2D eigenvalue weighted by molar-refractivity contribution is 7.09. The number of hydrogen-bond donors (Lipinski definition) is 1. The maximum absolute atomic E-state index is 12.3. The molecule has 3 heterocycles. The molecule has 0 unspecified atom stereocenters. The molecule has 3 rings (SSSR count). The van der Waals surface area contributed by atoms with Gasteiger partial charge in [0.15, 0.2) is 11.7 Å². The van der Waals surface area contributed by atoms with Crippen molar-refractivity contribution in [3.8, 4) is 0 Å². The molecule has 0 aliphatic carbocycles. The van der Waals surface area contributed by atoms with Crippen molar-refractivity contribution in [2.24, 2.45) is 4.99 Å². The molecule has 2 aromatic rings. The fourth-order valence-corrected chi connectivity index (χ4v) is 3.52. The highest BCUT2D eigenvalue weighted by Gasteiger charge is 2.25. The summed E-state index contributed by atoms with van der Waals surface area (Å²) in [5.74, 6) is 1.18. The van der Waals surface area contributed by atoms with Gasteiger partial charge in [-0.05, 0) is 18.6 Å². The Balaban J connectivity index is 1.51. The second-order valence-corrected chi connectivity index (χ2v) is 6.69. The summed E-state index contributed by atoms with van der Waals surface area (Å²) in [4.78, 5) is 25.2. The van der Waals surface area contributed by atoms with Gasteiger partial charge in [0.1, 0.15) is 0 Å². The Labute approximate surface area is 151 Å². The number of aryl methyl sites for hydroxylation is 1. The van der Waals surface area contributed by atoms with Crippen LogP contribution in [0.1, 0.15) is 28.2 Å². The van der Waals surface area contributed by atoms with Crippen LogP contribution in [0.15, 0.2) is 33.2 Å². The standard InChI is InChI=1S/C17H23N5O2S/c1-3-15-20-13(12-25-15)11-19-17(18-2)22-8-6-21(7-9-22)16(23)14-5-4-10-24-14/h4-5,10,12H,3,6-9,11H2,1-2H3,(H,18,19). The van der Waals surface area contributed by atoms with Crippen molar-refractivity contribution in [2.75, 3.05) is 33.2 Å². The molecule has 134 valence electrons. The van der Waals surface area contributed by atoms with Crippen molar-refractivity contribution >= 4 is 23.2 Å². The van der Waals surface area contributed by atoms with Crippen LogP contribution in [0.3, 0.4) is 0 Å². The molecule has 25 heavy (non-hydrogen) atoms. The Bertz CT molecular complexity index is 717. The third-order valence-corrected chi connectivity index (χ3v) is 5.18. The van der Waals surface area contributed by atoms with E-state index in [4.69, 9.17) is 4.42 Å². The van der Waals surface area contributed by atoms with Gasteiger partial charge in [-0.3, -0.25) is 9.79 Å². The Morgan fingerprint density at radius 2 is 2.12 bits per heavy atom. The number of nitrogens with one attached hydrogen (secondary N) is 1. The molecular weight excluding hydrogens is 338 g/mol. The number of aromatic nitrogens is 1. The molecule has 0 radical (unpaired) electrons. The summed E-state index contributed by atoms with van der Waals surface area (Å²) in [5.41, 5.74) is 1.04. The van der Waals surface area contributed by atoms with E-state index in [1.165, 1.54) is 6.26 Å². The number of thiazole rings is 1. The van der Waals surface area contributed by atoms with Gasteiger partial charge in [0.2, 0.25) is 0 Å². The Kier molecular flexibility index (Phi) is 5.70. The molecule has 1 fully saturated rings. The fourth-order valence-electron chi connectivity index (χ4n) is 2.77. The second-order valence-electron chi connectivity index (χ2n) is 5.74. The molecule has 0 spiro atoms. The molecule has 2 aromatic heterocycles. The highest BCUT2D eigenvalue weighted by Crippen LogP contribution is 2.11. The molecule has 8 heteroatoms. The van der Waals surface area contributed by atoms with Crippen LogP contribution < -0.4 is 5.32 Å². The summed E-state index contributed by atoms with van der Waals surface area (Å²) in [7, 11) is 1.78. The number of guanidine groups is 1. The van der Waals surface area contributed by atoms with Crippen LogP contribution in [-0.2, 0) is 13.0 Å². The highest BCUT2D eigenvalue weighted by atomic mass is 32.1. The topological polar surface area (TPSA) is 74.0 Å². The molecule has 0 atom stereocenters. The van der Waals surface area contributed by atoms with Gasteiger partial charge in [-0.25, -0.2) is 4.98 Å². The number of furan rings is 1. The van der Waals surface area contributed by atoms with E-state index >= 15 is 0 Å². The smallest absolute Gasteiger partial charge is 0.289 e. The van der Waals surface area contributed by atoms with Gasteiger partial charge in [-0.1, -0.05) is 6.92 Å². The number of piperazine rings is 1. The minimum atomic E-state index is -0.0536. The van der Waals surface area contributed by atoms with Crippen LogP contribution in [0.2, 0.25) is 0 Å². The quantitative estimate of drug-likeness (QED) is 0.664. The van der Waals surface area contributed by atoms with Crippen LogP contribution in [0.4, 0.5) is 0 Å². The molecular formula is C17H23N5O2S. The van der Waals surface area contributed by atoms with Crippen LogP contribution >= 0.6 is 11.3 Å². The first-order valence-electron chi connectivity index (χ1n) is 8.43. The Hall–Kier alpha value is -2.35.